The molecule has 0 saturated carbocycles. The van der Waals surface area contributed by atoms with Crippen LogP contribution >= 0.6 is 0 Å². The summed E-state index contributed by atoms with van der Waals surface area (Å²) in [6.07, 6.45) is 4.93. The first-order valence-electron chi connectivity index (χ1n) is 5.16. The zero-order valence-corrected chi connectivity index (χ0v) is 9.79. The van der Waals surface area contributed by atoms with Gasteiger partial charge in [-0.25, -0.2) is 4.79 Å². The lowest BCUT2D eigenvalue weighted by Gasteiger charge is -2.04. The molecule has 7 nitrogen and oxygen atoms in total. The monoisotopic (exact) mass is 262 g/mol. The fraction of sp³-hybridized carbons (Fsp3) is 0.167. The van der Waals surface area contributed by atoms with Crippen LogP contribution in [0.1, 0.15) is 10.4 Å². The summed E-state index contributed by atoms with van der Waals surface area (Å²) < 4.78 is 4.70. The minimum absolute atomic E-state index is 0.0495. The van der Waals surface area contributed by atoms with Crippen LogP contribution in [0, 0.1) is 22.5 Å². The molecule has 1 aromatic rings. The van der Waals surface area contributed by atoms with E-state index in [2.05, 4.69) is 11.2 Å². The zero-order valence-electron chi connectivity index (χ0n) is 9.79. The Bertz CT molecular complexity index is 530. The Morgan fingerprint density at radius 3 is 2.53 bits per heavy atom. The molecule has 19 heavy (non-hydrogen) atoms. The largest absolute Gasteiger partial charge is 0.452 e. The highest BCUT2D eigenvalue weighted by Gasteiger charge is 2.12. The minimum Gasteiger partial charge on any atom is -0.452 e. The number of rotatable bonds is 5. The van der Waals surface area contributed by atoms with Crippen LogP contribution in [0.2, 0.25) is 0 Å². The van der Waals surface area contributed by atoms with Gasteiger partial charge in [-0.1, -0.05) is 5.92 Å². The van der Waals surface area contributed by atoms with Gasteiger partial charge in [0.2, 0.25) is 0 Å². The Morgan fingerprint density at radius 2 is 2.00 bits per heavy atom. The van der Waals surface area contributed by atoms with Crippen molar-refractivity contribution >= 4 is 17.6 Å². The van der Waals surface area contributed by atoms with Crippen LogP contribution in [0.25, 0.3) is 0 Å². The lowest BCUT2D eigenvalue weighted by atomic mass is 10.2. The number of hydrogen-bond acceptors (Lipinski definition) is 5. The Morgan fingerprint density at radius 1 is 1.37 bits per heavy atom. The molecule has 1 aromatic carbocycles. The number of carbonyl (C=O) groups is 2. The van der Waals surface area contributed by atoms with E-state index in [0.717, 1.165) is 0 Å². The second-order valence-corrected chi connectivity index (χ2v) is 3.36. The number of nitrogens with one attached hydrogen (secondary N) is 1. The van der Waals surface area contributed by atoms with Gasteiger partial charge in [0.15, 0.2) is 6.61 Å². The first-order valence-corrected chi connectivity index (χ1v) is 5.16. The van der Waals surface area contributed by atoms with Crippen LogP contribution in [-0.2, 0) is 9.53 Å². The molecule has 98 valence electrons. The van der Waals surface area contributed by atoms with Gasteiger partial charge in [0.25, 0.3) is 11.6 Å². The molecule has 0 aromatic heterocycles. The van der Waals surface area contributed by atoms with Crippen molar-refractivity contribution in [1.82, 2.24) is 5.32 Å². The molecule has 0 aliphatic carbocycles. The molecule has 0 aliphatic rings. The maximum absolute atomic E-state index is 11.5. The maximum atomic E-state index is 11.5. The summed E-state index contributed by atoms with van der Waals surface area (Å²) in [6.45, 7) is -0.411. The van der Waals surface area contributed by atoms with Gasteiger partial charge in [-0.15, -0.1) is 6.42 Å². The van der Waals surface area contributed by atoms with E-state index in [-0.39, 0.29) is 17.8 Å². The van der Waals surface area contributed by atoms with Crippen molar-refractivity contribution in [3.63, 3.8) is 0 Å². The highest BCUT2D eigenvalue weighted by molar-refractivity contribution is 5.91. The van der Waals surface area contributed by atoms with Crippen molar-refractivity contribution in [1.29, 1.82) is 0 Å². The van der Waals surface area contributed by atoms with Crippen LogP contribution < -0.4 is 5.32 Å². The Balaban J connectivity index is 2.52. The maximum Gasteiger partial charge on any atom is 0.338 e. The number of carbonyl (C=O) groups excluding carboxylic acids is 2. The fourth-order valence-corrected chi connectivity index (χ4v) is 1.13. The summed E-state index contributed by atoms with van der Waals surface area (Å²) in [5, 5.41) is 12.7. The van der Waals surface area contributed by atoms with Crippen LogP contribution in [0.5, 0.6) is 0 Å². The predicted molar refractivity (Wildman–Crippen MR) is 65.2 cm³/mol. The minimum atomic E-state index is -0.745. The van der Waals surface area contributed by atoms with Crippen molar-refractivity contribution in [2.24, 2.45) is 0 Å². The molecule has 0 spiro atoms. The average molecular weight is 262 g/mol. The third-order valence-electron chi connectivity index (χ3n) is 2.04. The average Bonchev–Trinajstić information content (AvgIpc) is 2.42. The third-order valence-corrected chi connectivity index (χ3v) is 2.04. The van der Waals surface area contributed by atoms with E-state index < -0.39 is 23.4 Å². The molecule has 0 aliphatic heterocycles. The smallest absolute Gasteiger partial charge is 0.338 e. The van der Waals surface area contributed by atoms with Crippen LogP contribution in [0.3, 0.4) is 0 Å². The van der Waals surface area contributed by atoms with Gasteiger partial charge in [-0.3, -0.25) is 14.9 Å². The van der Waals surface area contributed by atoms with Crippen molar-refractivity contribution in [2.45, 2.75) is 0 Å². The van der Waals surface area contributed by atoms with E-state index >= 15 is 0 Å². The van der Waals surface area contributed by atoms with E-state index in [1.807, 2.05) is 0 Å². The molecule has 0 bridgehead atoms. The summed E-state index contributed by atoms with van der Waals surface area (Å²) in [5.74, 6) is 0.934. The van der Waals surface area contributed by atoms with Crippen LogP contribution in [0.15, 0.2) is 24.3 Å². The molecule has 0 heterocycles. The molecular weight excluding hydrogens is 252 g/mol. The first kappa shape index (κ1) is 14.2. The second kappa shape index (κ2) is 6.76. The van der Waals surface area contributed by atoms with Gasteiger partial charge in [0.1, 0.15) is 0 Å². The molecule has 1 N–H and O–H groups in total. The van der Waals surface area contributed by atoms with Gasteiger partial charge < -0.3 is 10.1 Å². The van der Waals surface area contributed by atoms with E-state index in [9.17, 15) is 19.7 Å². The van der Waals surface area contributed by atoms with Gasteiger partial charge in [-0.2, -0.15) is 0 Å². The lowest BCUT2D eigenvalue weighted by molar-refractivity contribution is -0.384. The number of benzene rings is 1. The number of non-ortho nitro benzene ring substituents is 1. The third kappa shape index (κ3) is 4.47. The standard InChI is InChI=1S/C12H10N2O5/c1-2-7-13-11(15)8-19-12(16)9-3-5-10(6-4-9)14(17)18/h1,3-6H,7-8H2,(H,13,15). The molecule has 1 amide bonds. The molecule has 0 saturated heterocycles. The quantitative estimate of drug-likeness (QED) is 0.360. The molecule has 0 atom stereocenters. The number of terminal acetylenes is 1. The Hall–Kier alpha value is -2.88. The normalized spacial score (nSPS) is 9.21. The number of ether oxygens (including phenoxy) is 1. The highest BCUT2D eigenvalue weighted by Crippen LogP contribution is 2.12. The topological polar surface area (TPSA) is 98.5 Å². The van der Waals surface area contributed by atoms with E-state index in [0.29, 0.717) is 0 Å². The van der Waals surface area contributed by atoms with E-state index in [1.165, 1.54) is 24.3 Å². The fourth-order valence-electron chi connectivity index (χ4n) is 1.13. The van der Waals surface area contributed by atoms with Crippen molar-refractivity contribution in [2.75, 3.05) is 13.2 Å². The zero-order chi connectivity index (χ0) is 14.3. The molecule has 0 unspecified atom stereocenters. The number of amides is 1. The van der Waals surface area contributed by atoms with Gasteiger partial charge in [0.05, 0.1) is 17.0 Å². The number of nitro benzene ring substituents is 1. The number of nitro groups is 1. The lowest BCUT2D eigenvalue weighted by Crippen LogP contribution is -2.28. The molecule has 7 heteroatoms. The summed E-state index contributed by atoms with van der Waals surface area (Å²) in [7, 11) is 0. The number of nitrogens with zero attached hydrogens (tertiary/aromatic N) is 1. The summed E-state index contributed by atoms with van der Waals surface area (Å²) >= 11 is 0. The van der Waals surface area contributed by atoms with Gasteiger partial charge in [0, 0.05) is 12.1 Å². The van der Waals surface area contributed by atoms with Gasteiger partial charge >= 0.3 is 5.97 Å². The van der Waals surface area contributed by atoms with Gasteiger partial charge in [-0.05, 0) is 12.1 Å². The first-order chi connectivity index (χ1) is 9.04. The SMILES string of the molecule is C#CCNC(=O)COC(=O)c1ccc([N+](=O)[O-])cc1. The van der Waals surface area contributed by atoms with Crippen molar-refractivity contribution in [3.05, 3.63) is 39.9 Å². The van der Waals surface area contributed by atoms with E-state index in [4.69, 9.17) is 11.2 Å². The molecule has 0 radical (unpaired) electrons. The Labute approximate surface area is 108 Å². The summed E-state index contributed by atoms with van der Waals surface area (Å²) in [4.78, 5) is 32.4. The second-order valence-electron chi connectivity index (χ2n) is 3.36. The highest BCUT2D eigenvalue weighted by atomic mass is 16.6. The predicted octanol–water partition coefficient (Wildman–Crippen LogP) is 0.501. The van der Waals surface area contributed by atoms with Crippen molar-refractivity contribution < 1.29 is 19.2 Å². The van der Waals surface area contributed by atoms with Crippen molar-refractivity contribution in [3.8, 4) is 12.3 Å². The molecule has 0 fully saturated rings. The Kier molecular flexibility index (Phi) is 5.04. The summed E-state index contributed by atoms with van der Waals surface area (Å²) in [6, 6.07) is 4.85. The van der Waals surface area contributed by atoms with Crippen LogP contribution in [0.4, 0.5) is 5.69 Å². The molecule has 1 rings (SSSR count). The van der Waals surface area contributed by atoms with E-state index in [1.54, 1.807) is 0 Å². The number of hydrogen-bond donors (Lipinski definition) is 1. The molecular formula is C12H10N2O5. The van der Waals surface area contributed by atoms with Crippen LogP contribution in [-0.4, -0.2) is 30.0 Å². The summed E-state index contributed by atoms with van der Waals surface area (Å²) in [5.41, 5.74) is -0.0151. The number of esters is 1.